The van der Waals surface area contributed by atoms with Crippen molar-refractivity contribution in [3.05, 3.63) is 75.5 Å². The fourth-order valence-corrected chi connectivity index (χ4v) is 4.05. The number of benzene rings is 1. The fourth-order valence-electron chi connectivity index (χ4n) is 3.78. The molecule has 0 bridgehead atoms. The van der Waals surface area contributed by atoms with Crippen molar-refractivity contribution in [2.24, 2.45) is 4.99 Å². The maximum absolute atomic E-state index is 14.6. The van der Waals surface area contributed by atoms with Crippen molar-refractivity contribution >= 4 is 29.3 Å². The molecule has 0 spiro atoms. The van der Waals surface area contributed by atoms with E-state index in [1.807, 2.05) is 0 Å². The number of aliphatic imine (C=N–C) groups is 1. The van der Waals surface area contributed by atoms with Crippen LogP contribution in [0.5, 0.6) is 0 Å². The van der Waals surface area contributed by atoms with E-state index in [2.05, 4.69) is 20.6 Å². The average molecular weight is 494 g/mol. The van der Waals surface area contributed by atoms with E-state index < -0.39 is 29.5 Å². The monoisotopic (exact) mass is 493 g/mol. The molecule has 1 amide bonds. The van der Waals surface area contributed by atoms with Crippen LogP contribution in [-0.4, -0.2) is 60.9 Å². The van der Waals surface area contributed by atoms with E-state index >= 15 is 0 Å². The van der Waals surface area contributed by atoms with Crippen LogP contribution in [0.4, 0.5) is 13.2 Å². The minimum absolute atomic E-state index is 0.0133. The normalized spacial score (nSPS) is 18.8. The number of nitrogens with zero attached hydrogens (tertiary/aromatic N) is 3. The summed E-state index contributed by atoms with van der Waals surface area (Å²) in [5.74, 6) is -3.48. The van der Waals surface area contributed by atoms with E-state index in [4.69, 9.17) is 16.3 Å². The molecule has 34 heavy (non-hydrogen) atoms. The summed E-state index contributed by atoms with van der Waals surface area (Å²) in [6.07, 6.45) is 0.830. The summed E-state index contributed by atoms with van der Waals surface area (Å²) in [6.45, 7) is 1.04. The topological polar surface area (TPSA) is 95.9 Å². The lowest BCUT2D eigenvalue weighted by atomic mass is 9.94. The van der Waals surface area contributed by atoms with Crippen LogP contribution in [0.1, 0.15) is 17.3 Å². The van der Waals surface area contributed by atoms with Crippen LogP contribution in [0.3, 0.4) is 0 Å². The zero-order valence-electron chi connectivity index (χ0n) is 17.9. The minimum Gasteiger partial charge on any atom is -0.466 e. The summed E-state index contributed by atoms with van der Waals surface area (Å²) >= 11 is 6.27. The summed E-state index contributed by atoms with van der Waals surface area (Å²) in [4.78, 5) is 34.7. The molecule has 1 saturated heterocycles. The highest BCUT2D eigenvalue weighted by Crippen LogP contribution is 2.36. The number of nitrogens with one attached hydrogen (secondary N) is 2. The Bertz CT molecular complexity index is 1220. The number of hydrogen-bond acceptors (Lipinski definition) is 7. The molecule has 0 unspecified atom stereocenters. The number of rotatable bonds is 5. The van der Waals surface area contributed by atoms with Crippen LogP contribution >= 0.6 is 11.6 Å². The smallest absolute Gasteiger partial charge is 0.338 e. The quantitative estimate of drug-likeness (QED) is 0.619. The SMILES string of the molecule is COC(=O)C1=C(CN2CCNC(=O)C2)NC(c2ncc(F)cc2F)=N[C@H]1c1ccc(F)cc1Cl. The Labute approximate surface area is 197 Å². The molecule has 8 nitrogen and oxygen atoms in total. The van der Waals surface area contributed by atoms with E-state index in [9.17, 15) is 22.8 Å². The number of esters is 1. The molecule has 2 aliphatic heterocycles. The number of piperazine rings is 1. The molecule has 3 heterocycles. The first kappa shape index (κ1) is 23.7. The molecule has 0 saturated carbocycles. The van der Waals surface area contributed by atoms with Gasteiger partial charge in [-0.3, -0.25) is 14.7 Å². The summed E-state index contributed by atoms with van der Waals surface area (Å²) in [5.41, 5.74) is 0.289. The number of carbonyl (C=O) groups is 2. The van der Waals surface area contributed by atoms with Crippen molar-refractivity contribution < 1.29 is 27.5 Å². The maximum atomic E-state index is 14.6. The van der Waals surface area contributed by atoms with Gasteiger partial charge in [0.1, 0.15) is 23.4 Å². The van der Waals surface area contributed by atoms with Crippen LogP contribution < -0.4 is 10.6 Å². The van der Waals surface area contributed by atoms with Gasteiger partial charge >= 0.3 is 5.97 Å². The average Bonchev–Trinajstić information content (AvgIpc) is 2.78. The molecule has 1 atom stereocenters. The van der Waals surface area contributed by atoms with E-state index in [1.165, 1.54) is 13.2 Å². The summed E-state index contributed by atoms with van der Waals surface area (Å²) < 4.78 is 46.7. The van der Waals surface area contributed by atoms with Gasteiger partial charge in [0.15, 0.2) is 11.7 Å². The van der Waals surface area contributed by atoms with Crippen molar-refractivity contribution in [2.45, 2.75) is 6.04 Å². The Kier molecular flexibility index (Phi) is 6.85. The predicted molar refractivity (Wildman–Crippen MR) is 116 cm³/mol. The maximum Gasteiger partial charge on any atom is 0.338 e. The van der Waals surface area contributed by atoms with Gasteiger partial charge in [-0.25, -0.2) is 22.9 Å². The Morgan fingerprint density at radius 2 is 2.06 bits per heavy atom. The second kappa shape index (κ2) is 9.82. The number of amides is 1. The van der Waals surface area contributed by atoms with E-state index in [1.54, 1.807) is 4.90 Å². The predicted octanol–water partition coefficient (Wildman–Crippen LogP) is 2.10. The molecule has 1 fully saturated rings. The highest BCUT2D eigenvalue weighted by Gasteiger charge is 2.35. The molecule has 2 aliphatic rings. The number of carbonyl (C=O) groups excluding carboxylic acids is 2. The van der Waals surface area contributed by atoms with Gasteiger partial charge in [-0.1, -0.05) is 17.7 Å². The molecule has 0 aliphatic carbocycles. The van der Waals surface area contributed by atoms with Crippen LogP contribution in [0, 0.1) is 17.5 Å². The van der Waals surface area contributed by atoms with Crippen molar-refractivity contribution in [2.75, 3.05) is 33.3 Å². The lowest BCUT2D eigenvalue weighted by molar-refractivity contribution is -0.136. The Hall–Kier alpha value is -3.44. The van der Waals surface area contributed by atoms with Gasteiger partial charge < -0.3 is 15.4 Å². The molecule has 1 aromatic heterocycles. The van der Waals surface area contributed by atoms with E-state index in [-0.39, 0.29) is 52.4 Å². The van der Waals surface area contributed by atoms with E-state index in [0.717, 1.165) is 18.3 Å². The van der Waals surface area contributed by atoms with Gasteiger partial charge in [-0.2, -0.15) is 0 Å². The number of pyridine rings is 1. The standard InChI is InChI=1S/C22H19ClF3N5O3/c1-34-22(33)18-16(9-31-5-4-27-17(32)10-31)29-21(20-15(26)7-12(25)8-28-20)30-19(18)13-3-2-11(24)6-14(13)23/h2-3,6-8,19H,4-5,9-10H2,1H3,(H,27,32)(H,29,30)/t19-/m0/s1. The highest BCUT2D eigenvalue weighted by molar-refractivity contribution is 6.31. The third-order valence-corrected chi connectivity index (χ3v) is 5.65. The lowest BCUT2D eigenvalue weighted by Crippen LogP contribution is -2.50. The first-order valence-electron chi connectivity index (χ1n) is 10.2. The minimum atomic E-state index is -1.11. The molecular formula is C22H19ClF3N5O3. The molecule has 2 aromatic rings. The molecule has 2 N–H and O–H groups in total. The van der Waals surface area contributed by atoms with Gasteiger partial charge in [-0.05, 0) is 12.1 Å². The number of halogens is 4. The zero-order valence-corrected chi connectivity index (χ0v) is 18.6. The van der Waals surface area contributed by atoms with Gasteiger partial charge in [0.2, 0.25) is 5.91 Å². The number of hydrogen-bond donors (Lipinski definition) is 2. The zero-order chi connectivity index (χ0) is 24.4. The largest absolute Gasteiger partial charge is 0.466 e. The van der Waals surface area contributed by atoms with Crippen molar-refractivity contribution in [1.82, 2.24) is 20.5 Å². The molecular weight excluding hydrogens is 475 g/mol. The van der Waals surface area contributed by atoms with Gasteiger partial charge in [-0.15, -0.1) is 0 Å². The van der Waals surface area contributed by atoms with Crippen molar-refractivity contribution in [3.8, 4) is 0 Å². The van der Waals surface area contributed by atoms with Gasteiger partial charge in [0.25, 0.3) is 0 Å². The lowest BCUT2D eigenvalue weighted by Gasteiger charge is -2.32. The number of ether oxygens (including phenoxy) is 1. The Balaban J connectivity index is 1.86. The van der Waals surface area contributed by atoms with Crippen molar-refractivity contribution in [1.29, 1.82) is 0 Å². The van der Waals surface area contributed by atoms with Gasteiger partial charge in [0.05, 0.1) is 25.4 Å². The highest BCUT2D eigenvalue weighted by atomic mass is 35.5. The third-order valence-electron chi connectivity index (χ3n) is 5.32. The van der Waals surface area contributed by atoms with Crippen molar-refractivity contribution in [3.63, 3.8) is 0 Å². The fraction of sp³-hybridized carbons (Fsp3) is 0.273. The summed E-state index contributed by atoms with van der Waals surface area (Å²) in [7, 11) is 1.19. The molecule has 1 aromatic carbocycles. The Morgan fingerprint density at radius 1 is 1.26 bits per heavy atom. The Morgan fingerprint density at radius 3 is 2.74 bits per heavy atom. The van der Waals surface area contributed by atoms with Crippen LogP contribution in [0.15, 0.2) is 46.7 Å². The number of methoxy groups -OCH3 is 1. The van der Waals surface area contributed by atoms with Crippen LogP contribution in [0.25, 0.3) is 0 Å². The molecule has 12 heteroatoms. The molecule has 0 radical (unpaired) electrons. The van der Waals surface area contributed by atoms with E-state index in [0.29, 0.717) is 19.2 Å². The molecule has 4 rings (SSSR count). The summed E-state index contributed by atoms with van der Waals surface area (Å²) in [6, 6.07) is 3.11. The van der Waals surface area contributed by atoms with Crippen LogP contribution in [0.2, 0.25) is 5.02 Å². The second-order valence-corrected chi connectivity index (χ2v) is 8.01. The number of amidine groups is 1. The van der Waals surface area contributed by atoms with Gasteiger partial charge in [0, 0.05) is 42.0 Å². The first-order valence-corrected chi connectivity index (χ1v) is 10.6. The number of aromatic nitrogens is 1. The van der Waals surface area contributed by atoms with Crippen LogP contribution in [-0.2, 0) is 14.3 Å². The molecule has 178 valence electrons. The first-order chi connectivity index (χ1) is 16.3. The third kappa shape index (κ3) is 4.90. The summed E-state index contributed by atoms with van der Waals surface area (Å²) in [5, 5.41) is 5.60. The second-order valence-electron chi connectivity index (χ2n) is 7.60.